The third-order valence-corrected chi connectivity index (χ3v) is 2.64. The number of aromatic carboxylic acids is 1. The van der Waals surface area contributed by atoms with Crippen LogP contribution in [0.25, 0.3) is 0 Å². The molecular weight excluding hydrogens is 247 g/mol. The van der Waals surface area contributed by atoms with E-state index in [1.807, 2.05) is 30.3 Å². The minimum absolute atomic E-state index is 0.126. The molecule has 1 N–H and O–H groups in total. The number of hydrogen-bond donors (Lipinski definition) is 1. The quantitative estimate of drug-likeness (QED) is 0.916. The van der Waals surface area contributed by atoms with Gasteiger partial charge in [-0.1, -0.05) is 30.3 Å². The molecule has 0 aliphatic carbocycles. The fourth-order valence-corrected chi connectivity index (χ4v) is 1.76. The molecule has 0 aliphatic rings. The number of carbonyl (C=O) groups is 1. The van der Waals surface area contributed by atoms with Gasteiger partial charge >= 0.3 is 5.97 Å². The Morgan fingerprint density at radius 2 is 1.95 bits per heavy atom. The maximum Gasteiger partial charge on any atom is 0.339 e. The molecule has 0 saturated heterocycles. The van der Waals surface area contributed by atoms with E-state index in [0.29, 0.717) is 5.56 Å². The molecule has 0 amide bonds. The largest absolute Gasteiger partial charge is 0.485 e. The summed E-state index contributed by atoms with van der Waals surface area (Å²) in [5.74, 6) is -2.08. The van der Waals surface area contributed by atoms with E-state index in [2.05, 4.69) is 0 Å². The molecular formula is C15H13FO3. The van der Waals surface area contributed by atoms with Gasteiger partial charge in [-0.3, -0.25) is 0 Å². The Morgan fingerprint density at radius 3 is 2.58 bits per heavy atom. The molecule has 0 atom stereocenters. The molecule has 2 aromatic carbocycles. The van der Waals surface area contributed by atoms with Crippen LogP contribution < -0.4 is 4.74 Å². The summed E-state index contributed by atoms with van der Waals surface area (Å²) < 4.78 is 19.1. The van der Waals surface area contributed by atoms with E-state index in [4.69, 9.17) is 9.84 Å². The van der Waals surface area contributed by atoms with Crippen molar-refractivity contribution in [3.63, 3.8) is 0 Å². The third kappa shape index (κ3) is 3.10. The van der Waals surface area contributed by atoms with Crippen molar-refractivity contribution in [1.29, 1.82) is 0 Å². The van der Waals surface area contributed by atoms with Gasteiger partial charge < -0.3 is 9.84 Å². The van der Waals surface area contributed by atoms with Gasteiger partial charge in [-0.25, -0.2) is 9.18 Å². The Balaban J connectivity index is 2.27. The van der Waals surface area contributed by atoms with E-state index >= 15 is 0 Å². The molecule has 3 nitrogen and oxygen atoms in total. The number of carboxylic acids is 1. The highest BCUT2D eigenvalue weighted by molar-refractivity contribution is 5.91. The van der Waals surface area contributed by atoms with Crippen molar-refractivity contribution >= 4 is 5.97 Å². The number of rotatable bonds is 4. The highest BCUT2D eigenvalue weighted by Gasteiger charge is 2.17. The van der Waals surface area contributed by atoms with E-state index in [0.717, 1.165) is 5.56 Å². The monoisotopic (exact) mass is 260 g/mol. The summed E-state index contributed by atoms with van der Waals surface area (Å²) >= 11 is 0. The molecule has 2 rings (SSSR count). The van der Waals surface area contributed by atoms with Crippen molar-refractivity contribution in [1.82, 2.24) is 0 Å². The molecule has 0 bridgehead atoms. The Morgan fingerprint density at radius 1 is 1.26 bits per heavy atom. The summed E-state index contributed by atoms with van der Waals surface area (Å²) in [5, 5.41) is 9.07. The normalized spacial score (nSPS) is 10.2. The summed E-state index contributed by atoms with van der Waals surface area (Å²) in [4.78, 5) is 11.1. The fraction of sp³-hybridized carbons (Fsp3) is 0.133. The average molecular weight is 260 g/mol. The fourth-order valence-electron chi connectivity index (χ4n) is 1.76. The van der Waals surface area contributed by atoms with Crippen molar-refractivity contribution in [3.05, 3.63) is 65.0 Å². The molecule has 19 heavy (non-hydrogen) atoms. The van der Waals surface area contributed by atoms with Crippen molar-refractivity contribution in [2.45, 2.75) is 13.5 Å². The topological polar surface area (TPSA) is 46.5 Å². The zero-order valence-corrected chi connectivity index (χ0v) is 10.4. The molecule has 0 spiro atoms. The van der Waals surface area contributed by atoms with Crippen molar-refractivity contribution in [3.8, 4) is 5.75 Å². The first-order chi connectivity index (χ1) is 9.08. The highest BCUT2D eigenvalue weighted by Crippen LogP contribution is 2.25. The van der Waals surface area contributed by atoms with Crippen LogP contribution in [-0.2, 0) is 6.61 Å². The van der Waals surface area contributed by atoms with Crippen LogP contribution in [0, 0.1) is 12.7 Å². The van der Waals surface area contributed by atoms with Gasteiger partial charge in [-0.15, -0.1) is 0 Å². The number of benzene rings is 2. The molecule has 0 heterocycles. The standard InChI is InChI=1S/C15H13FO3/c1-10-7-12(15(17)18)14(13(16)8-10)19-9-11-5-3-2-4-6-11/h2-8H,9H2,1H3,(H,17,18). The summed E-state index contributed by atoms with van der Waals surface area (Å²) in [5.41, 5.74) is 1.23. The molecule has 0 aromatic heterocycles. The maximum atomic E-state index is 13.8. The SMILES string of the molecule is Cc1cc(F)c(OCc2ccccc2)c(C(=O)O)c1. The van der Waals surface area contributed by atoms with Crippen LogP contribution in [0.15, 0.2) is 42.5 Å². The molecule has 4 heteroatoms. The number of carboxylic acid groups (broad SMARTS) is 1. The lowest BCUT2D eigenvalue weighted by atomic mass is 10.1. The highest BCUT2D eigenvalue weighted by atomic mass is 19.1. The van der Waals surface area contributed by atoms with Crippen LogP contribution in [0.4, 0.5) is 4.39 Å². The summed E-state index contributed by atoms with van der Waals surface area (Å²) in [6, 6.07) is 11.8. The van der Waals surface area contributed by atoms with Gasteiger partial charge in [0.05, 0.1) is 0 Å². The number of aryl methyl sites for hydroxylation is 1. The number of halogens is 1. The second-order valence-electron chi connectivity index (χ2n) is 4.20. The number of hydrogen-bond acceptors (Lipinski definition) is 2. The van der Waals surface area contributed by atoms with Crippen molar-refractivity contribution in [2.24, 2.45) is 0 Å². The van der Waals surface area contributed by atoms with Crippen LogP contribution in [0.2, 0.25) is 0 Å². The van der Waals surface area contributed by atoms with Crippen LogP contribution in [0.1, 0.15) is 21.5 Å². The zero-order valence-electron chi connectivity index (χ0n) is 10.4. The molecule has 0 radical (unpaired) electrons. The average Bonchev–Trinajstić information content (AvgIpc) is 2.38. The zero-order chi connectivity index (χ0) is 13.8. The Hall–Kier alpha value is -2.36. The molecule has 98 valence electrons. The van der Waals surface area contributed by atoms with Gasteiger partial charge in [0.15, 0.2) is 11.6 Å². The molecule has 2 aromatic rings. The smallest absolute Gasteiger partial charge is 0.339 e. The second kappa shape index (κ2) is 5.52. The molecule has 0 fully saturated rings. The predicted molar refractivity (Wildman–Crippen MR) is 68.9 cm³/mol. The van der Waals surface area contributed by atoms with E-state index in [1.54, 1.807) is 6.92 Å². The van der Waals surface area contributed by atoms with Crippen molar-refractivity contribution in [2.75, 3.05) is 0 Å². The predicted octanol–water partition coefficient (Wildman–Crippen LogP) is 3.41. The summed E-state index contributed by atoms with van der Waals surface area (Å²) in [6.07, 6.45) is 0. The third-order valence-electron chi connectivity index (χ3n) is 2.64. The first-order valence-corrected chi connectivity index (χ1v) is 5.78. The Bertz CT molecular complexity index is 594. The maximum absolute atomic E-state index is 13.8. The van der Waals surface area contributed by atoms with Crippen LogP contribution in [-0.4, -0.2) is 11.1 Å². The van der Waals surface area contributed by atoms with E-state index in [1.165, 1.54) is 12.1 Å². The minimum Gasteiger partial charge on any atom is -0.485 e. The van der Waals surface area contributed by atoms with Crippen LogP contribution in [0.5, 0.6) is 5.75 Å². The Kier molecular flexibility index (Phi) is 3.80. The minimum atomic E-state index is -1.20. The van der Waals surface area contributed by atoms with Gasteiger partial charge in [0.25, 0.3) is 0 Å². The lowest BCUT2D eigenvalue weighted by Crippen LogP contribution is -2.06. The van der Waals surface area contributed by atoms with Crippen LogP contribution in [0.3, 0.4) is 0 Å². The lowest BCUT2D eigenvalue weighted by Gasteiger charge is -2.11. The van der Waals surface area contributed by atoms with Gasteiger partial charge in [0.2, 0.25) is 0 Å². The van der Waals surface area contributed by atoms with E-state index in [9.17, 15) is 9.18 Å². The Labute approximate surface area is 110 Å². The summed E-state index contributed by atoms with van der Waals surface area (Å²) in [7, 11) is 0. The van der Waals surface area contributed by atoms with Gasteiger partial charge in [-0.2, -0.15) is 0 Å². The molecule has 0 unspecified atom stereocenters. The molecule has 0 saturated carbocycles. The summed E-state index contributed by atoms with van der Waals surface area (Å²) in [6.45, 7) is 1.76. The first kappa shape index (κ1) is 13.1. The van der Waals surface area contributed by atoms with Gasteiger partial charge in [0, 0.05) is 0 Å². The van der Waals surface area contributed by atoms with Gasteiger partial charge in [0.1, 0.15) is 12.2 Å². The first-order valence-electron chi connectivity index (χ1n) is 5.78. The van der Waals surface area contributed by atoms with E-state index < -0.39 is 11.8 Å². The second-order valence-corrected chi connectivity index (χ2v) is 4.20. The molecule has 0 aliphatic heterocycles. The van der Waals surface area contributed by atoms with Crippen LogP contribution >= 0.6 is 0 Å². The van der Waals surface area contributed by atoms with Crippen molar-refractivity contribution < 1.29 is 19.0 Å². The number of ether oxygens (including phenoxy) is 1. The van der Waals surface area contributed by atoms with E-state index in [-0.39, 0.29) is 17.9 Å². The lowest BCUT2D eigenvalue weighted by molar-refractivity contribution is 0.0690. The van der Waals surface area contributed by atoms with Gasteiger partial charge in [-0.05, 0) is 30.2 Å².